The number of nitrogens with zero attached hydrogens (tertiary/aromatic N) is 1. The van der Waals surface area contributed by atoms with Crippen LogP contribution in [0.2, 0.25) is 0 Å². The molecule has 1 aromatic rings. The van der Waals surface area contributed by atoms with Crippen LogP contribution < -0.4 is 15.4 Å². The molecule has 4 heteroatoms. The fourth-order valence-electron chi connectivity index (χ4n) is 2.53. The van der Waals surface area contributed by atoms with Crippen LogP contribution in [-0.4, -0.2) is 38.2 Å². The van der Waals surface area contributed by atoms with Crippen LogP contribution in [0.1, 0.15) is 6.42 Å². The number of benzene rings is 1. The van der Waals surface area contributed by atoms with E-state index in [2.05, 4.69) is 24.1 Å². The topological polar surface area (TPSA) is 38.5 Å². The highest BCUT2D eigenvalue weighted by Crippen LogP contribution is 2.30. The molecule has 2 rings (SSSR count). The molecule has 0 saturated carbocycles. The summed E-state index contributed by atoms with van der Waals surface area (Å²) in [6, 6.07) is 8.65. The molecule has 1 heterocycles. The van der Waals surface area contributed by atoms with Crippen LogP contribution >= 0.6 is 11.8 Å². The first-order valence-electron chi connectivity index (χ1n) is 6.41. The molecule has 1 aliphatic heterocycles. The average Bonchev–Trinajstić information content (AvgIpc) is 2.93. The van der Waals surface area contributed by atoms with E-state index in [-0.39, 0.29) is 0 Å². The number of hydrogen-bond donors (Lipinski definition) is 1. The van der Waals surface area contributed by atoms with Gasteiger partial charge in [-0.1, -0.05) is 0 Å². The van der Waals surface area contributed by atoms with Crippen molar-refractivity contribution in [3.05, 3.63) is 24.3 Å². The van der Waals surface area contributed by atoms with Crippen molar-refractivity contribution in [2.45, 2.75) is 12.5 Å². The fraction of sp³-hybridized carbons (Fsp3) is 0.571. The summed E-state index contributed by atoms with van der Waals surface area (Å²) in [6.45, 7) is 0.716. The largest absolute Gasteiger partial charge is 0.497 e. The zero-order chi connectivity index (χ0) is 13.0. The van der Waals surface area contributed by atoms with Crippen LogP contribution in [-0.2, 0) is 0 Å². The molecule has 1 fully saturated rings. The van der Waals surface area contributed by atoms with Gasteiger partial charge in [0.25, 0.3) is 0 Å². The Labute approximate surface area is 114 Å². The van der Waals surface area contributed by atoms with Gasteiger partial charge in [0.2, 0.25) is 0 Å². The molecule has 0 amide bonds. The summed E-state index contributed by atoms with van der Waals surface area (Å²) >= 11 is 2.04. The molecule has 18 heavy (non-hydrogen) atoms. The molecular weight excluding hydrogens is 244 g/mol. The Kier molecular flexibility index (Phi) is 4.78. The second kappa shape index (κ2) is 6.34. The van der Waals surface area contributed by atoms with E-state index in [0.29, 0.717) is 18.5 Å². The third-order valence-corrected chi connectivity index (χ3v) is 4.92. The fourth-order valence-corrected chi connectivity index (χ4v) is 3.86. The van der Waals surface area contributed by atoms with E-state index in [9.17, 15) is 0 Å². The van der Waals surface area contributed by atoms with E-state index < -0.39 is 0 Å². The summed E-state index contributed by atoms with van der Waals surface area (Å²) in [5.74, 6) is 4.12. The predicted octanol–water partition coefficient (Wildman–Crippen LogP) is 2.21. The first kappa shape index (κ1) is 13.6. The molecule has 2 atom stereocenters. The van der Waals surface area contributed by atoms with E-state index in [1.54, 1.807) is 7.11 Å². The Balaban J connectivity index is 2.09. The summed E-state index contributed by atoms with van der Waals surface area (Å²) in [6.07, 6.45) is 1.28. The summed E-state index contributed by atoms with van der Waals surface area (Å²) in [5.41, 5.74) is 7.18. The molecule has 0 spiro atoms. The van der Waals surface area contributed by atoms with Gasteiger partial charge in [-0.15, -0.1) is 0 Å². The number of thioether (sulfide) groups is 1. The van der Waals surface area contributed by atoms with Gasteiger partial charge in [0.15, 0.2) is 0 Å². The quantitative estimate of drug-likeness (QED) is 0.887. The average molecular weight is 266 g/mol. The van der Waals surface area contributed by atoms with Crippen LogP contribution in [0, 0.1) is 5.92 Å². The molecule has 1 saturated heterocycles. The number of rotatable bonds is 5. The van der Waals surface area contributed by atoms with E-state index in [1.807, 2.05) is 23.9 Å². The third kappa shape index (κ3) is 2.93. The molecule has 0 aliphatic carbocycles. The van der Waals surface area contributed by atoms with Crippen molar-refractivity contribution in [1.29, 1.82) is 0 Å². The van der Waals surface area contributed by atoms with Gasteiger partial charge in [-0.3, -0.25) is 0 Å². The Morgan fingerprint density at radius 3 is 2.67 bits per heavy atom. The van der Waals surface area contributed by atoms with Crippen molar-refractivity contribution in [3.63, 3.8) is 0 Å². The van der Waals surface area contributed by atoms with E-state index in [0.717, 1.165) is 5.75 Å². The molecule has 0 bridgehead atoms. The third-order valence-electron chi connectivity index (χ3n) is 3.73. The number of likely N-dealkylation sites (N-methyl/N-ethyl adjacent to an activating group) is 1. The molecule has 0 aromatic heterocycles. The summed E-state index contributed by atoms with van der Waals surface area (Å²) in [7, 11) is 3.83. The monoisotopic (exact) mass is 266 g/mol. The standard InChI is InChI=1S/C14H22N2OS/c1-16(12-3-5-13(17-2)6-4-12)14(9-15)11-7-8-18-10-11/h3-6,11,14H,7-10,15H2,1-2H3. The van der Waals surface area contributed by atoms with Crippen LogP contribution in [0.25, 0.3) is 0 Å². The first-order valence-corrected chi connectivity index (χ1v) is 7.56. The molecule has 3 nitrogen and oxygen atoms in total. The number of hydrogen-bond acceptors (Lipinski definition) is 4. The lowest BCUT2D eigenvalue weighted by Crippen LogP contribution is -2.43. The van der Waals surface area contributed by atoms with E-state index in [4.69, 9.17) is 10.5 Å². The maximum Gasteiger partial charge on any atom is 0.119 e. The van der Waals surface area contributed by atoms with Gasteiger partial charge in [0.05, 0.1) is 7.11 Å². The predicted molar refractivity (Wildman–Crippen MR) is 79.7 cm³/mol. The summed E-state index contributed by atoms with van der Waals surface area (Å²) in [4.78, 5) is 2.32. The highest BCUT2D eigenvalue weighted by Gasteiger charge is 2.27. The lowest BCUT2D eigenvalue weighted by atomic mass is 9.97. The lowest BCUT2D eigenvalue weighted by molar-refractivity contribution is 0.414. The van der Waals surface area contributed by atoms with Gasteiger partial charge in [-0.25, -0.2) is 0 Å². The minimum Gasteiger partial charge on any atom is -0.497 e. The molecule has 2 unspecified atom stereocenters. The summed E-state index contributed by atoms with van der Waals surface area (Å²) in [5, 5.41) is 0. The van der Waals surface area contributed by atoms with Crippen LogP contribution in [0.4, 0.5) is 5.69 Å². The van der Waals surface area contributed by atoms with Crippen LogP contribution in [0.15, 0.2) is 24.3 Å². The van der Waals surface area contributed by atoms with Gasteiger partial charge >= 0.3 is 0 Å². The van der Waals surface area contributed by atoms with Crippen molar-refractivity contribution in [1.82, 2.24) is 0 Å². The Morgan fingerprint density at radius 2 is 2.17 bits per heavy atom. The SMILES string of the molecule is COc1ccc(N(C)C(CN)C2CCSC2)cc1. The zero-order valence-electron chi connectivity index (χ0n) is 11.1. The Morgan fingerprint density at radius 1 is 1.44 bits per heavy atom. The van der Waals surface area contributed by atoms with Crippen LogP contribution in [0.3, 0.4) is 0 Å². The highest BCUT2D eigenvalue weighted by molar-refractivity contribution is 7.99. The zero-order valence-corrected chi connectivity index (χ0v) is 12.0. The smallest absolute Gasteiger partial charge is 0.119 e. The van der Waals surface area contributed by atoms with Crippen molar-refractivity contribution >= 4 is 17.4 Å². The van der Waals surface area contributed by atoms with Gasteiger partial charge in [0, 0.05) is 25.3 Å². The molecule has 1 aliphatic rings. The molecule has 0 radical (unpaired) electrons. The van der Waals surface area contributed by atoms with Gasteiger partial charge in [-0.2, -0.15) is 11.8 Å². The lowest BCUT2D eigenvalue weighted by Gasteiger charge is -2.33. The maximum atomic E-state index is 5.97. The van der Waals surface area contributed by atoms with E-state index in [1.165, 1.54) is 23.6 Å². The minimum absolute atomic E-state index is 0.438. The Bertz CT molecular complexity index is 363. The highest BCUT2D eigenvalue weighted by atomic mass is 32.2. The van der Waals surface area contributed by atoms with Crippen molar-refractivity contribution in [2.24, 2.45) is 11.7 Å². The number of anilines is 1. The van der Waals surface area contributed by atoms with E-state index >= 15 is 0 Å². The second-order valence-corrected chi connectivity index (χ2v) is 5.89. The van der Waals surface area contributed by atoms with Gasteiger partial charge < -0.3 is 15.4 Å². The van der Waals surface area contributed by atoms with Crippen molar-refractivity contribution in [3.8, 4) is 5.75 Å². The van der Waals surface area contributed by atoms with Crippen molar-refractivity contribution < 1.29 is 4.74 Å². The number of ether oxygens (including phenoxy) is 1. The molecular formula is C14H22N2OS. The molecule has 1 aromatic carbocycles. The molecule has 2 N–H and O–H groups in total. The minimum atomic E-state index is 0.438. The van der Waals surface area contributed by atoms with Crippen molar-refractivity contribution in [2.75, 3.05) is 37.1 Å². The molecule has 100 valence electrons. The normalized spacial score (nSPS) is 20.7. The van der Waals surface area contributed by atoms with Crippen LogP contribution in [0.5, 0.6) is 5.75 Å². The Hall–Kier alpha value is -0.870. The maximum absolute atomic E-state index is 5.97. The van der Waals surface area contributed by atoms with Gasteiger partial charge in [0.1, 0.15) is 5.75 Å². The van der Waals surface area contributed by atoms with Gasteiger partial charge in [-0.05, 0) is 48.1 Å². The second-order valence-electron chi connectivity index (χ2n) is 4.74. The number of methoxy groups -OCH3 is 1. The summed E-state index contributed by atoms with van der Waals surface area (Å²) < 4.78 is 5.19. The first-order chi connectivity index (χ1) is 8.76. The number of nitrogens with two attached hydrogens (primary N) is 1.